The number of anilines is 1. The van der Waals surface area contributed by atoms with Crippen LogP contribution in [0.2, 0.25) is 0 Å². The van der Waals surface area contributed by atoms with E-state index in [-0.39, 0.29) is 5.56 Å². The highest BCUT2D eigenvalue weighted by Crippen LogP contribution is 2.28. The summed E-state index contributed by atoms with van der Waals surface area (Å²) < 4.78 is 14.7. The molecule has 126 valence electrons. The molecule has 2 aromatic rings. The van der Waals surface area contributed by atoms with E-state index in [0.29, 0.717) is 23.2 Å². The number of amides is 1. The molecule has 2 N–H and O–H groups in total. The lowest BCUT2D eigenvalue weighted by molar-refractivity contribution is 0.0996. The topological polar surface area (TPSA) is 62.5 Å². The summed E-state index contributed by atoms with van der Waals surface area (Å²) in [5.41, 5.74) is 6.89. The number of primary amides is 1. The molecule has 0 aliphatic carbocycles. The average molecular weight is 393 g/mol. The van der Waals surface area contributed by atoms with Crippen molar-refractivity contribution >= 4 is 27.5 Å². The van der Waals surface area contributed by atoms with Crippen molar-refractivity contribution in [1.29, 1.82) is 0 Å². The van der Waals surface area contributed by atoms with Crippen LogP contribution in [-0.4, -0.2) is 42.0 Å². The number of hydrogen-bond donors (Lipinski definition) is 1. The monoisotopic (exact) mass is 392 g/mol. The lowest BCUT2D eigenvalue weighted by Gasteiger charge is -2.36. The highest BCUT2D eigenvalue weighted by molar-refractivity contribution is 9.10. The first-order chi connectivity index (χ1) is 11.5. The van der Waals surface area contributed by atoms with E-state index in [0.717, 1.165) is 25.3 Å². The number of nitrogens with zero attached hydrogens (tertiary/aromatic N) is 3. The molecular weight excluding hydrogens is 375 g/mol. The van der Waals surface area contributed by atoms with Crippen LogP contribution < -0.4 is 10.6 Å². The second kappa shape index (κ2) is 7.27. The molecule has 0 atom stereocenters. The normalized spacial score (nSPS) is 15.5. The Bertz CT molecular complexity index is 733. The van der Waals surface area contributed by atoms with E-state index in [4.69, 9.17) is 5.73 Å². The summed E-state index contributed by atoms with van der Waals surface area (Å²) in [6.45, 7) is 3.79. The van der Waals surface area contributed by atoms with Crippen molar-refractivity contribution in [3.63, 3.8) is 0 Å². The van der Waals surface area contributed by atoms with Gasteiger partial charge in [0, 0.05) is 43.4 Å². The molecule has 0 radical (unpaired) electrons. The molecule has 7 heteroatoms. The van der Waals surface area contributed by atoms with Crippen LogP contribution in [0.1, 0.15) is 16.1 Å². The maximum Gasteiger partial charge on any atom is 0.253 e. The van der Waals surface area contributed by atoms with Crippen LogP contribution in [0.15, 0.2) is 41.0 Å². The fraction of sp³-hybridized carbons (Fsp3) is 0.294. The van der Waals surface area contributed by atoms with Gasteiger partial charge in [-0.3, -0.25) is 14.7 Å². The van der Waals surface area contributed by atoms with Gasteiger partial charge in [0.15, 0.2) is 0 Å². The molecule has 2 heterocycles. The van der Waals surface area contributed by atoms with Gasteiger partial charge < -0.3 is 10.6 Å². The van der Waals surface area contributed by atoms with Crippen molar-refractivity contribution in [2.75, 3.05) is 31.1 Å². The van der Waals surface area contributed by atoms with Gasteiger partial charge in [-0.1, -0.05) is 22.0 Å². The first kappa shape index (κ1) is 16.9. The lowest BCUT2D eigenvalue weighted by atomic mass is 10.1. The highest BCUT2D eigenvalue weighted by atomic mass is 79.9. The van der Waals surface area contributed by atoms with Crippen LogP contribution in [0.5, 0.6) is 0 Å². The third-order valence-electron chi connectivity index (χ3n) is 4.11. The summed E-state index contributed by atoms with van der Waals surface area (Å²) in [5.74, 6) is -1.34. The van der Waals surface area contributed by atoms with Crippen LogP contribution in [0.3, 0.4) is 0 Å². The van der Waals surface area contributed by atoms with Gasteiger partial charge in [-0.05, 0) is 24.3 Å². The average Bonchev–Trinajstić information content (AvgIpc) is 2.55. The molecular formula is C17H18BrFN4O. The summed E-state index contributed by atoms with van der Waals surface area (Å²) in [6.07, 6.45) is 1.79. The van der Waals surface area contributed by atoms with Crippen molar-refractivity contribution in [2.24, 2.45) is 5.73 Å². The molecule has 1 amide bonds. The zero-order valence-electron chi connectivity index (χ0n) is 13.1. The number of halogens is 2. The summed E-state index contributed by atoms with van der Waals surface area (Å²) in [5, 5.41) is 0. The Morgan fingerprint density at radius 3 is 2.62 bits per heavy atom. The van der Waals surface area contributed by atoms with Gasteiger partial charge >= 0.3 is 0 Å². The Kier molecular flexibility index (Phi) is 5.11. The number of hydrogen-bond acceptors (Lipinski definition) is 4. The van der Waals surface area contributed by atoms with E-state index in [9.17, 15) is 9.18 Å². The van der Waals surface area contributed by atoms with Crippen LogP contribution in [0, 0.1) is 5.82 Å². The Labute approximate surface area is 148 Å². The molecule has 5 nitrogen and oxygen atoms in total. The Morgan fingerprint density at radius 1 is 1.25 bits per heavy atom. The molecule has 24 heavy (non-hydrogen) atoms. The van der Waals surface area contributed by atoms with E-state index in [1.165, 1.54) is 6.07 Å². The van der Waals surface area contributed by atoms with Crippen LogP contribution in [0.4, 0.5) is 10.1 Å². The highest BCUT2D eigenvalue weighted by Gasteiger charge is 2.24. The molecule has 0 bridgehead atoms. The van der Waals surface area contributed by atoms with Gasteiger partial charge in [0.25, 0.3) is 5.91 Å². The minimum absolute atomic E-state index is 0.0450. The number of aromatic nitrogens is 1. The molecule has 0 unspecified atom stereocenters. The van der Waals surface area contributed by atoms with Crippen LogP contribution in [0.25, 0.3) is 0 Å². The van der Waals surface area contributed by atoms with E-state index in [1.54, 1.807) is 12.3 Å². The van der Waals surface area contributed by atoms with Gasteiger partial charge in [-0.15, -0.1) is 0 Å². The fourth-order valence-corrected chi connectivity index (χ4v) is 3.34. The zero-order valence-corrected chi connectivity index (χ0v) is 14.7. The van der Waals surface area contributed by atoms with Crippen LogP contribution in [-0.2, 0) is 6.54 Å². The summed E-state index contributed by atoms with van der Waals surface area (Å²) >= 11 is 3.28. The third-order valence-corrected chi connectivity index (χ3v) is 4.56. The summed E-state index contributed by atoms with van der Waals surface area (Å²) in [7, 11) is 0. The molecule has 0 spiro atoms. The van der Waals surface area contributed by atoms with E-state index in [1.807, 2.05) is 23.1 Å². The fourth-order valence-electron chi connectivity index (χ4n) is 2.92. The van der Waals surface area contributed by atoms with Gasteiger partial charge in [-0.2, -0.15) is 0 Å². The first-order valence-electron chi connectivity index (χ1n) is 7.70. The molecule has 1 aromatic carbocycles. The third kappa shape index (κ3) is 3.73. The van der Waals surface area contributed by atoms with Crippen molar-refractivity contribution in [2.45, 2.75) is 6.54 Å². The molecule has 1 aliphatic rings. The largest absolute Gasteiger partial charge is 0.368 e. The minimum Gasteiger partial charge on any atom is -0.368 e. The standard InChI is InChI=1S/C17H18BrFN4O/c18-12-9-14(19)16(17(20)24)15(10-12)23-7-5-22(6-8-23)11-13-3-1-2-4-21-13/h1-4,9-10H,5-8,11H2,(H2,20,24). The summed E-state index contributed by atoms with van der Waals surface area (Å²) in [6, 6.07) is 8.89. The van der Waals surface area contributed by atoms with E-state index in [2.05, 4.69) is 25.8 Å². The minimum atomic E-state index is -0.745. The second-order valence-corrected chi connectivity index (χ2v) is 6.65. The summed E-state index contributed by atoms with van der Waals surface area (Å²) in [4.78, 5) is 20.3. The maximum atomic E-state index is 14.1. The number of benzene rings is 1. The molecule has 1 aromatic heterocycles. The van der Waals surface area contributed by atoms with Crippen molar-refractivity contribution in [3.8, 4) is 0 Å². The van der Waals surface area contributed by atoms with Gasteiger partial charge in [-0.25, -0.2) is 4.39 Å². The van der Waals surface area contributed by atoms with Crippen molar-refractivity contribution in [1.82, 2.24) is 9.88 Å². The number of rotatable bonds is 4. The molecule has 1 fully saturated rings. The number of nitrogens with two attached hydrogens (primary N) is 1. The second-order valence-electron chi connectivity index (χ2n) is 5.73. The predicted octanol–water partition coefficient (Wildman–Crippen LogP) is 2.40. The van der Waals surface area contributed by atoms with E-state index < -0.39 is 11.7 Å². The van der Waals surface area contributed by atoms with Crippen LogP contribution >= 0.6 is 15.9 Å². The van der Waals surface area contributed by atoms with Crippen molar-refractivity contribution < 1.29 is 9.18 Å². The number of carbonyl (C=O) groups excluding carboxylic acids is 1. The molecule has 1 aliphatic heterocycles. The molecule has 0 saturated carbocycles. The molecule has 1 saturated heterocycles. The Balaban J connectivity index is 1.72. The lowest BCUT2D eigenvalue weighted by Crippen LogP contribution is -2.46. The quantitative estimate of drug-likeness (QED) is 0.867. The Hall–Kier alpha value is -1.99. The zero-order chi connectivity index (χ0) is 17.1. The van der Waals surface area contributed by atoms with Crippen molar-refractivity contribution in [3.05, 3.63) is 58.1 Å². The predicted molar refractivity (Wildman–Crippen MR) is 94.3 cm³/mol. The SMILES string of the molecule is NC(=O)c1c(F)cc(Br)cc1N1CCN(Cc2ccccn2)CC1. The number of pyridine rings is 1. The van der Waals surface area contributed by atoms with Gasteiger partial charge in [0.05, 0.1) is 16.9 Å². The van der Waals surface area contributed by atoms with E-state index >= 15 is 0 Å². The Morgan fingerprint density at radius 2 is 2.00 bits per heavy atom. The number of piperazine rings is 1. The maximum absolute atomic E-state index is 14.1. The number of carbonyl (C=O) groups is 1. The van der Waals surface area contributed by atoms with Gasteiger partial charge in [0.1, 0.15) is 5.82 Å². The smallest absolute Gasteiger partial charge is 0.253 e. The molecule has 3 rings (SSSR count). The van der Waals surface area contributed by atoms with Gasteiger partial charge in [0.2, 0.25) is 0 Å². The first-order valence-corrected chi connectivity index (χ1v) is 8.50.